The number of rotatable bonds is 3. The minimum atomic E-state index is -0.480. The number of benzene rings is 1. The van der Waals surface area contributed by atoms with Crippen LogP contribution in [0.5, 0.6) is 0 Å². The van der Waals surface area contributed by atoms with Crippen LogP contribution in [-0.2, 0) is 13.1 Å². The quantitative estimate of drug-likeness (QED) is 0.862. The van der Waals surface area contributed by atoms with Crippen molar-refractivity contribution < 1.29 is 0 Å². The van der Waals surface area contributed by atoms with Crippen molar-refractivity contribution in [2.45, 2.75) is 64.7 Å². The van der Waals surface area contributed by atoms with Crippen LogP contribution in [0.2, 0.25) is 0 Å². The predicted molar refractivity (Wildman–Crippen MR) is 109 cm³/mol. The first-order chi connectivity index (χ1) is 13.0. The first kappa shape index (κ1) is 17.6. The van der Waals surface area contributed by atoms with Crippen LogP contribution in [-0.4, -0.2) is 26.7 Å². The molecule has 1 spiro atoms. The van der Waals surface area contributed by atoms with Gasteiger partial charge in [-0.3, -0.25) is 14.0 Å². The van der Waals surface area contributed by atoms with Gasteiger partial charge in [-0.15, -0.1) is 0 Å². The molecule has 4 N–H and O–H groups in total. The standard InChI is InChI=1S/C19H27N7O/c1-3-24-14-9-8-13(12-15(14)25(4-2)18(24)27)26-17(21)22-16(20)23-19(26)10-6-5-7-11-19/h8-9,12H,3-7,10-11H2,1-2H3,(H4,20,21,22,23). The van der Waals surface area contributed by atoms with Crippen LogP contribution in [0.15, 0.2) is 33.0 Å². The van der Waals surface area contributed by atoms with E-state index in [2.05, 4.69) is 4.99 Å². The molecular weight excluding hydrogens is 342 g/mol. The average molecular weight is 369 g/mol. The molecular formula is C19H27N7O. The molecule has 1 aliphatic heterocycles. The third kappa shape index (κ3) is 2.62. The molecule has 27 heavy (non-hydrogen) atoms. The maximum absolute atomic E-state index is 12.7. The summed E-state index contributed by atoms with van der Waals surface area (Å²) >= 11 is 0. The number of fused-ring (bicyclic) bond motifs is 1. The summed E-state index contributed by atoms with van der Waals surface area (Å²) in [5.74, 6) is 0.610. The number of aromatic nitrogens is 2. The molecule has 0 atom stereocenters. The highest BCUT2D eigenvalue weighted by atomic mass is 16.1. The van der Waals surface area contributed by atoms with Crippen molar-refractivity contribution in [3.05, 3.63) is 28.7 Å². The van der Waals surface area contributed by atoms with Crippen LogP contribution in [0.25, 0.3) is 11.0 Å². The van der Waals surface area contributed by atoms with Gasteiger partial charge in [0.15, 0.2) is 0 Å². The van der Waals surface area contributed by atoms with E-state index < -0.39 is 5.66 Å². The second-order valence-corrected chi connectivity index (χ2v) is 7.26. The number of hydrogen-bond acceptors (Lipinski definition) is 6. The Balaban J connectivity index is 1.90. The van der Waals surface area contributed by atoms with Gasteiger partial charge in [-0.05, 0) is 57.7 Å². The lowest BCUT2D eigenvalue weighted by atomic mass is 9.87. The molecule has 144 valence electrons. The predicted octanol–water partition coefficient (Wildman–Crippen LogP) is 1.95. The Morgan fingerprint density at radius 1 is 1.04 bits per heavy atom. The third-order valence-corrected chi connectivity index (χ3v) is 5.74. The molecule has 2 aromatic rings. The van der Waals surface area contributed by atoms with E-state index in [0.29, 0.717) is 19.0 Å². The largest absolute Gasteiger partial charge is 0.369 e. The van der Waals surface area contributed by atoms with Gasteiger partial charge >= 0.3 is 5.69 Å². The van der Waals surface area contributed by atoms with Gasteiger partial charge in [0.25, 0.3) is 0 Å². The maximum Gasteiger partial charge on any atom is 0.329 e. The second kappa shape index (κ2) is 6.44. The van der Waals surface area contributed by atoms with Gasteiger partial charge < -0.3 is 11.5 Å². The number of anilines is 1. The van der Waals surface area contributed by atoms with Gasteiger partial charge in [-0.25, -0.2) is 9.79 Å². The fourth-order valence-electron chi connectivity index (χ4n) is 4.55. The molecule has 8 heteroatoms. The first-order valence-corrected chi connectivity index (χ1v) is 9.73. The summed E-state index contributed by atoms with van der Waals surface area (Å²) in [6.45, 7) is 5.22. The van der Waals surface area contributed by atoms with Gasteiger partial charge in [0, 0.05) is 18.8 Å². The fourth-order valence-corrected chi connectivity index (χ4v) is 4.55. The first-order valence-electron chi connectivity index (χ1n) is 9.73. The number of aryl methyl sites for hydroxylation is 2. The molecule has 2 aliphatic rings. The Hall–Kier alpha value is -2.77. The Kier molecular flexibility index (Phi) is 4.20. The Labute approximate surface area is 158 Å². The van der Waals surface area contributed by atoms with E-state index in [9.17, 15) is 4.79 Å². The van der Waals surface area contributed by atoms with Crippen molar-refractivity contribution in [3.63, 3.8) is 0 Å². The summed E-state index contributed by atoms with van der Waals surface area (Å²) in [6, 6.07) is 6.03. The van der Waals surface area contributed by atoms with E-state index in [1.165, 1.54) is 6.42 Å². The van der Waals surface area contributed by atoms with Gasteiger partial charge in [-0.1, -0.05) is 6.42 Å². The van der Waals surface area contributed by atoms with Gasteiger partial charge in [0.2, 0.25) is 11.9 Å². The summed E-state index contributed by atoms with van der Waals surface area (Å²) in [7, 11) is 0. The lowest BCUT2D eigenvalue weighted by Gasteiger charge is -2.45. The number of nitrogens with zero attached hydrogens (tertiary/aromatic N) is 5. The molecule has 0 radical (unpaired) electrons. The zero-order valence-electron chi connectivity index (χ0n) is 16.0. The van der Waals surface area contributed by atoms with Gasteiger partial charge in [0.05, 0.1) is 11.0 Å². The minimum absolute atomic E-state index is 0.0158. The SMILES string of the molecule is CCn1c(=O)n(CC)c2cc(N3C(N)=NC(N)=NC34CCCCC4)ccc21. The highest BCUT2D eigenvalue weighted by molar-refractivity contribution is 6.06. The smallest absolute Gasteiger partial charge is 0.329 e. The molecule has 8 nitrogen and oxygen atoms in total. The van der Waals surface area contributed by atoms with E-state index >= 15 is 0 Å². The van der Waals surface area contributed by atoms with E-state index in [0.717, 1.165) is 42.4 Å². The second-order valence-electron chi connectivity index (χ2n) is 7.26. The molecule has 1 aromatic carbocycles. The highest BCUT2D eigenvalue weighted by Gasteiger charge is 2.42. The normalized spacial score (nSPS) is 19.4. The minimum Gasteiger partial charge on any atom is -0.369 e. The zero-order valence-corrected chi connectivity index (χ0v) is 16.0. The van der Waals surface area contributed by atoms with Crippen LogP contribution in [0.1, 0.15) is 46.0 Å². The summed E-state index contributed by atoms with van der Waals surface area (Å²) in [6.07, 6.45) is 5.12. The van der Waals surface area contributed by atoms with Crippen LogP contribution in [0.3, 0.4) is 0 Å². The van der Waals surface area contributed by atoms with E-state index in [4.69, 9.17) is 16.5 Å². The lowest BCUT2D eigenvalue weighted by Crippen LogP contribution is -2.58. The third-order valence-electron chi connectivity index (χ3n) is 5.74. The molecule has 4 rings (SSSR count). The van der Waals surface area contributed by atoms with Crippen molar-refractivity contribution in [2.75, 3.05) is 4.90 Å². The van der Waals surface area contributed by atoms with E-state index in [1.807, 2.05) is 36.9 Å². The lowest BCUT2D eigenvalue weighted by molar-refractivity contribution is 0.305. The summed E-state index contributed by atoms with van der Waals surface area (Å²) in [5.41, 5.74) is 14.6. The Bertz CT molecular complexity index is 991. The van der Waals surface area contributed by atoms with Crippen molar-refractivity contribution in [3.8, 4) is 0 Å². The topological polar surface area (TPSA) is 107 Å². The van der Waals surface area contributed by atoms with E-state index in [1.54, 1.807) is 9.13 Å². The average Bonchev–Trinajstić information content (AvgIpc) is 2.91. The Morgan fingerprint density at radius 2 is 1.70 bits per heavy atom. The summed E-state index contributed by atoms with van der Waals surface area (Å²) in [4.78, 5) is 23.6. The maximum atomic E-state index is 12.7. The molecule has 0 unspecified atom stereocenters. The van der Waals surface area contributed by atoms with Gasteiger partial charge in [-0.2, -0.15) is 4.99 Å². The zero-order chi connectivity index (χ0) is 19.2. The molecule has 0 amide bonds. The number of imidazole rings is 1. The monoisotopic (exact) mass is 369 g/mol. The Morgan fingerprint density at radius 3 is 2.37 bits per heavy atom. The number of nitrogens with two attached hydrogens (primary N) is 2. The molecule has 1 aliphatic carbocycles. The summed E-state index contributed by atoms with van der Waals surface area (Å²) < 4.78 is 3.59. The highest BCUT2D eigenvalue weighted by Crippen LogP contribution is 2.40. The number of guanidine groups is 2. The molecule has 0 saturated heterocycles. The fraction of sp³-hybridized carbons (Fsp3) is 0.526. The van der Waals surface area contributed by atoms with E-state index in [-0.39, 0.29) is 11.6 Å². The summed E-state index contributed by atoms with van der Waals surface area (Å²) in [5, 5.41) is 0. The van der Waals surface area contributed by atoms with Crippen LogP contribution in [0.4, 0.5) is 5.69 Å². The molecule has 0 bridgehead atoms. The van der Waals surface area contributed by atoms with Crippen molar-refractivity contribution in [1.29, 1.82) is 0 Å². The molecule has 1 aromatic heterocycles. The number of aliphatic imine (C=N–C) groups is 2. The number of hydrogen-bond donors (Lipinski definition) is 2. The van der Waals surface area contributed by atoms with Crippen molar-refractivity contribution >= 4 is 28.6 Å². The van der Waals surface area contributed by atoms with Crippen molar-refractivity contribution in [2.24, 2.45) is 21.5 Å². The van der Waals surface area contributed by atoms with Crippen LogP contribution < -0.4 is 22.1 Å². The molecule has 1 fully saturated rings. The van der Waals surface area contributed by atoms with Crippen molar-refractivity contribution in [1.82, 2.24) is 9.13 Å². The van der Waals surface area contributed by atoms with Crippen LogP contribution >= 0.6 is 0 Å². The molecule has 2 heterocycles. The van der Waals surface area contributed by atoms with Crippen LogP contribution in [0, 0.1) is 0 Å². The van der Waals surface area contributed by atoms with Gasteiger partial charge in [0.1, 0.15) is 5.66 Å². The molecule has 1 saturated carbocycles.